The van der Waals surface area contributed by atoms with Gasteiger partial charge in [0.25, 0.3) is 0 Å². The minimum atomic E-state index is -1.36. The van der Waals surface area contributed by atoms with Crippen LogP contribution in [0.15, 0.2) is 12.2 Å². The second-order valence-electron chi connectivity index (χ2n) is 10.1. The molecule has 30 heavy (non-hydrogen) atoms. The first-order chi connectivity index (χ1) is 14.4. The van der Waals surface area contributed by atoms with E-state index in [1.165, 1.54) is 32.1 Å². The molecular weight excluding hydrogens is 392 g/mol. The van der Waals surface area contributed by atoms with E-state index in [0.29, 0.717) is 31.5 Å². The molecule has 1 aliphatic carbocycles. The first-order valence-electron chi connectivity index (χ1n) is 12.5. The number of hydrogen-bond acceptors (Lipinski definition) is 4. The van der Waals surface area contributed by atoms with E-state index in [-0.39, 0.29) is 11.6 Å². The lowest BCUT2D eigenvalue weighted by atomic mass is 9.87. The third-order valence-corrected chi connectivity index (χ3v) is 7.50. The average Bonchev–Trinajstić information content (AvgIpc) is 3.30. The van der Waals surface area contributed by atoms with Gasteiger partial charge in [-0.25, -0.2) is 0 Å². The molecule has 0 aromatic rings. The van der Waals surface area contributed by atoms with E-state index in [2.05, 4.69) is 32.6 Å². The molecule has 1 saturated carbocycles. The lowest BCUT2D eigenvalue weighted by Gasteiger charge is -2.31. The van der Waals surface area contributed by atoms with Crippen LogP contribution in [0.2, 0.25) is 19.6 Å². The van der Waals surface area contributed by atoms with E-state index >= 15 is 0 Å². The molecule has 1 saturated heterocycles. The van der Waals surface area contributed by atoms with Gasteiger partial charge in [-0.2, -0.15) is 0 Å². The number of hydrogen-bond donors (Lipinski definition) is 0. The molecule has 1 heterocycles. The SMILES string of the molecule is CCCCCC(=O)C=CC1CCC2(OCCO2)C1CCCCCCCO[Si](C)(C)C. The molecule has 0 amide bonds. The summed E-state index contributed by atoms with van der Waals surface area (Å²) in [4.78, 5) is 12.2. The van der Waals surface area contributed by atoms with E-state index < -0.39 is 8.32 Å². The summed E-state index contributed by atoms with van der Waals surface area (Å²) in [6.45, 7) is 11.3. The van der Waals surface area contributed by atoms with Crippen molar-refractivity contribution >= 4 is 14.1 Å². The molecule has 2 atom stereocenters. The summed E-state index contributed by atoms with van der Waals surface area (Å²) < 4.78 is 18.2. The highest BCUT2D eigenvalue weighted by Gasteiger charge is 2.51. The van der Waals surface area contributed by atoms with Gasteiger partial charge in [-0.3, -0.25) is 4.79 Å². The lowest BCUT2D eigenvalue weighted by molar-refractivity contribution is -0.186. The Morgan fingerprint density at radius 1 is 1.03 bits per heavy atom. The fourth-order valence-electron chi connectivity index (χ4n) is 4.81. The standard InChI is InChI=1S/C25H46O4Si/c1-5-6-10-13-23(26)16-15-22-17-18-25(27-20-21-28-25)24(22)14-11-8-7-9-12-19-29-30(2,3)4/h15-16,22,24H,5-14,17-21H2,1-4H3. The van der Waals surface area contributed by atoms with E-state index in [1.807, 2.05) is 6.08 Å². The fraction of sp³-hybridized carbons (Fsp3) is 0.880. The van der Waals surface area contributed by atoms with E-state index in [0.717, 1.165) is 45.1 Å². The highest BCUT2D eigenvalue weighted by molar-refractivity contribution is 6.69. The molecule has 174 valence electrons. The summed E-state index contributed by atoms with van der Waals surface area (Å²) in [6.07, 6.45) is 17.3. The second-order valence-corrected chi connectivity index (χ2v) is 14.6. The first kappa shape index (κ1) is 25.8. The second kappa shape index (κ2) is 13.1. The molecule has 5 heteroatoms. The lowest BCUT2D eigenvalue weighted by Crippen LogP contribution is -2.36. The number of carbonyl (C=O) groups is 1. The Kier molecular flexibility index (Phi) is 11.3. The van der Waals surface area contributed by atoms with Crippen molar-refractivity contribution in [3.63, 3.8) is 0 Å². The molecule has 0 radical (unpaired) electrons. The first-order valence-corrected chi connectivity index (χ1v) is 15.9. The van der Waals surface area contributed by atoms with Crippen molar-refractivity contribution in [2.45, 2.75) is 109 Å². The molecule has 0 aromatic carbocycles. The largest absolute Gasteiger partial charge is 0.418 e. The number of ketones is 1. The molecule has 1 spiro atoms. The average molecular weight is 439 g/mol. The van der Waals surface area contributed by atoms with Gasteiger partial charge in [0.05, 0.1) is 13.2 Å². The number of carbonyl (C=O) groups excluding carboxylic acids is 1. The van der Waals surface area contributed by atoms with Gasteiger partial charge in [-0.1, -0.05) is 51.5 Å². The van der Waals surface area contributed by atoms with E-state index in [4.69, 9.17) is 13.9 Å². The maximum Gasteiger partial charge on any atom is 0.183 e. The molecule has 2 rings (SSSR count). The Bertz CT molecular complexity index is 520. The van der Waals surface area contributed by atoms with Crippen LogP contribution in [0.1, 0.15) is 84.0 Å². The van der Waals surface area contributed by atoms with Crippen molar-refractivity contribution in [2.24, 2.45) is 11.8 Å². The predicted octanol–water partition coefficient (Wildman–Crippen LogP) is 6.65. The monoisotopic (exact) mass is 438 g/mol. The number of unbranched alkanes of at least 4 members (excludes halogenated alkanes) is 6. The summed E-state index contributed by atoms with van der Waals surface area (Å²) >= 11 is 0. The molecule has 4 nitrogen and oxygen atoms in total. The molecule has 1 aliphatic heterocycles. The van der Waals surface area contributed by atoms with Gasteiger partial charge in [-0.05, 0) is 57.3 Å². The topological polar surface area (TPSA) is 44.8 Å². The van der Waals surface area contributed by atoms with Gasteiger partial charge < -0.3 is 13.9 Å². The van der Waals surface area contributed by atoms with Crippen LogP contribution in [0.25, 0.3) is 0 Å². The highest BCUT2D eigenvalue weighted by atomic mass is 28.4. The van der Waals surface area contributed by atoms with Gasteiger partial charge in [0.15, 0.2) is 19.9 Å². The Hall–Kier alpha value is -0.493. The van der Waals surface area contributed by atoms with Gasteiger partial charge in [0, 0.05) is 25.4 Å². The quantitative estimate of drug-likeness (QED) is 0.163. The van der Waals surface area contributed by atoms with Gasteiger partial charge >= 0.3 is 0 Å². The van der Waals surface area contributed by atoms with E-state index in [1.54, 1.807) is 0 Å². The Morgan fingerprint density at radius 3 is 2.43 bits per heavy atom. The summed E-state index contributed by atoms with van der Waals surface area (Å²) in [5, 5.41) is 0. The van der Waals surface area contributed by atoms with Crippen LogP contribution in [0, 0.1) is 11.8 Å². The molecule has 2 aliphatic rings. The number of ether oxygens (including phenoxy) is 2. The zero-order valence-corrected chi connectivity index (χ0v) is 21.0. The maximum absolute atomic E-state index is 12.2. The van der Waals surface area contributed by atoms with Crippen LogP contribution in [0.5, 0.6) is 0 Å². The van der Waals surface area contributed by atoms with Crippen LogP contribution in [-0.2, 0) is 18.7 Å². The molecule has 0 N–H and O–H groups in total. The Morgan fingerprint density at radius 2 is 1.73 bits per heavy atom. The van der Waals surface area contributed by atoms with Crippen molar-refractivity contribution < 1.29 is 18.7 Å². The minimum absolute atomic E-state index is 0.275. The van der Waals surface area contributed by atoms with Crippen LogP contribution in [0.4, 0.5) is 0 Å². The Balaban J connectivity index is 1.74. The summed E-state index contributed by atoms with van der Waals surface area (Å²) in [7, 11) is -1.36. The van der Waals surface area contributed by atoms with Crippen LogP contribution in [0.3, 0.4) is 0 Å². The van der Waals surface area contributed by atoms with Crippen molar-refractivity contribution in [2.75, 3.05) is 19.8 Å². The van der Waals surface area contributed by atoms with Crippen LogP contribution >= 0.6 is 0 Å². The van der Waals surface area contributed by atoms with Crippen LogP contribution in [-0.4, -0.2) is 39.7 Å². The van der Waals surface area contributed by atoms with Crippen LogP contribution < -0.4 is 0 Å². The molecule has 0 bridgehead atoms. The summed E-state index contributed by atoms with van der Waals surface area (Å²) in [5.41, 5.74) is 0. The number of allylic oxidation sites excluding steroid dienone is 2. The molecule has 2 fully saturated rings. The van der Waals surface area contributed by atoms with Gasteiger partial charge in [0.2, 0.25) is 0 Å². The highest BCUT2D eigenvalue weighted by Crippen LogP contribution is 2.48. The third-order valence-electron chi connectivity index (χ3n) is 6.43. The van der Waals surface area contributed by atoms with Crippen molar-refractivity contribution in [1.82, 2.24) is 0 Å². The molecule has 2 unspecified atom stereocenters. The van der Waals surface area contributed by atoms with Gasteiger partial charge in [-0.15, -0.1) is 0 Å². The van der Waals surface area contributed by atoms with Gasteiger partial charge in [0.1, 0.15) is 0 Å². The van der Waals surface area contributed by atoms with Crippen molar-refractivity contribution in [3.05, 3.63) is 12.2 Å². The minimum Gasteiger partial charge on any atom is -0.418 e. The fourth-order valence-corrected chi connectivity index (χ4v) is 5.57. The number of rotatable bonds is 15. The van der Waals surface area contributed by atoms with Crippen molar-refractivity contribution in [3.8, 4) is 0 Å². The zero-order valence-electron chi connectivity index (χ0n) is 20.0. The normalized spacial score (nSPS) is 23.7. The predicted molar refractivity (Wildman–Crippen MR) is 126 cm³/mol. The summed E-state index contributed by atoms with van der Waals surface area (Å²) in [5.74, 6) is 0.682. The maximum atomic E-state index is 12.2. The summed E-state index contributed by atoms with van der Waals surface area (Å²) in [6, 6.07) is 0. The van der Waals surface area contributed by atoms with Crippen molar-refractivity contribution in [1.29, 1.82) is 0 Å². The molecule has 0 aromatic heterocycles. The Labute approximate surface area is 186 Å². The third kappa shape index (κ3) is 8.94. The van der Waals surface area contributed by atoms with E-state index in [9.17, 15) is 4.79 Å². The molecular formula is C25H46O4Si. The zero-order chi connectivity index (χ0) is 21.9. The smallest absolute Gasteiger partial charge is 0.183 e.